The standard InChI is InChI=1S/C25H19F4N5O4/c1-38-20-6-5-14(11-18(20)26)33-23(19-3-2-8-30-19)32-22-16(9-15(34(36)37)10-17(22)24(33)35)13-4-7-21(31-12-13)25(27,28)29/h4-7,9-12,19,30H,2-3,8H2,1H3. The lowest BCUT2D eigenvalue weighted by Crippen LogP contribution is -2.29. The molecule has 1 saturated heterocycles. The zero-order chi connectivity index (χ0) is 27.2. The Morgan fingerprint density at radius 1 is 1.18 bits per heavy atom. The van der Waals surface area contributed by atoms with E-state index in [1.165, 1.54) is 23.8 Å². The van der Waals surface area contributed by atoms with Crippen LogP contribution in [-0.2, 0) is 6.18 Å². The molecule has 0 saturated carbocycles. The molecule has 196 valence electrons. The van der Waals surface area contributed by atoms with Crippen molar-refractivity contribution in [2.45, 2.75) is 25.1 Å². The molecule has 2 aromatic carbocycles. The molecule has 38 heavy (non-hydrogen) atoms. The summed E-state index contributed by atoms with van der Waals surface area (Å²) in [6.45, 7) is 0.644. The van der Waals surface area contributed by atoms with E-state index in [4.69, 9.17) is 4.74 Å². The van der Waals surface area contributed by atoms with Gasteiger partial charge in [-0.25, -0.2) is 9.37 Å². The number of benzene rings is 2. The normalized spacial score (nSPS) is 15.7. The summed E-state index contributed by atoms with van der Waals surface area (Å²) >= 11 is 0. The van der Waals surface area contributed by atoms with Crippen molar-refractivity contribution in [3.05, 3.63) is 86.5 Å². The van der Waals surface area contributed by atoms with Crippen LogP contribution in [0, 0.1) is 15.9 Å². The molecule has 1 N–H and O–H groups in total. The van der Waals surface area contributed by atoms with E-state index in [1.807, 2.05) is 0 Å². The van der Waals surface area contributed by atoms with Gasteiger partial charge in [0.1, 0.15) is 11.5 Å². The second-order valence-electron chi connectivity index (χ2n) is 8.65. The van der Waals surface area contributed by atoms with E-state index in [0.29, 0.717) is 13.0 Å². The number of pyridine rings is 1. The molecule has 0 aliphatic carbocycles. The fourth-order valence-electron chi connectivity index (χ4n) is 4.52. The summed E-state index contributed by atoms with van der Waals surface area (Å²) in [5.74, 6) is -0.527. The number of alkyl halides is 3. The Bertz CT molecular complexity index is 1610. The van der Waals surface area contributed by atoms with Crippen LogP contribution in [0.25, 0.3) is 27.7 Å². The number of halogens is 4. The third-order valence-corrected chi connectivity index (χ3v) is 6.32. The Morgan fingerprint density at radius 3 is 2.55 bits per heavy atom. The summed E-state index contributed by atoms with van der Waals surface area (Å²) in [7, 11) is 1.30. The molecule has 1 aliphatic heterocycles. The lowest BCUT2D eigenvalue weighted by molar-refractivity contribution is -0.384. The minimum absolute atomic E-state index is 0.0381. The number of non-ortho nitro benzene ring substituents is 1. The molecule has 1 fully saturated rings. The van der Waals surface area contributed by atoms with Gasteiger partial charge in [-0.2, -0.15) is 13.2 Å². The van der Waals surface area contributed by atoms with Crippen LogP contribution in [0.4, 0.5) is 23.2 Å². The van der Waals surface area contributed by atoms with Gasteiger partial charge in [-0.05, 0) is 37.6 Å². The lowest BCUT2D eigenvalue weighted by Gasteiger charge is -2.19. The van der Waals surface area contributed by atoms with Crippen LogP contribution in [0.2, 0.25) is 0 Å². The number of hydrogen-bond donors (Lipinski definition) is 1. The number of aromatic nitrogens is 3. The molecule has 0 bridgehead atoms. The maximum absolute atomic E-state index is 14.6. The van der Waals surface area contributed by atoms with Crippen molar-refractivity contribution in [3.63, 3.8) is 0 Å². The maximum Gasteiger partial charge on any atom is 0.433 e. The van der Waals surface area contributed by atoms with E-state index in [0.717, 1.165) is 42.9 Å². The molecule has 3 heterocycles. The quantitative estimate of drug-likeness (QED) is 0.221. The summed E-state index contributed by atoms with van der Waals surface area (Å²) in [5, 5.41) is 14.8. The molecule has 0 amide bonds. The third-order valence-electron chi connectivity index (χ3n) is 6.32. The van der Waals surface area contributed by atoms with Crippen LogP contribution in [0.1, 0.15) is 30.4 Å². The molecular formula is C25H19F4N5O4. The molecule has 0 radical (unpaired) electrons. The molecule has 1 aliphatic rings. The number of nitro benzene ring substituents is 1. The molecule has 13 heteroatoms. The highest BCUT2D eigenvalue weighted by Crippen LogP contribution is 2.35. The van der Waals surface area contributed by atoms with E-state index in [2.05, 4.69) is 15.3 Å². The highest BCUT2D eigenvalue weighted by molar-refractivity contribution is 5.95. The molecule has 2 aromatic heterocycles. The van der Waals surface area contributed by atoms with Gasteiger partial charge >= 0.3 is 6.18 Å². The van der Waals surface area contributed by atoms with Crippen molar-refractivity contribution < 1.29 is 27.2 Å². The first kappa shape index (κ1) is 25.3. The van der Waals surface area contributed by atoms with Crippen molar-refractivity contribution in [1.29, 1.82) is 0 Å². The molecule has 1 atom stereocenters. The lowest BCUT2D eigenvalue weighted by atomic mass is 10.0. The Labute approximate surface area is 211 Å². The number of hydrogen-bond acceptors (Lipinski definition) is 7. The molecule has 9 nitrogen and oxygen atoms in total. The van der Waals surface area contributed by atoms with E-state index >= 15 is 0 Å². The smallest absolute Gasteiger partial charge is 0.433 e. The first-order valence-corrected chi connectivity index (χ1v) is 11.4. The fourth-order valence-corrected chi connectivity index (χ4v) is 4.52. The number of ether oxygens (including phenoxy) is 1. The first-order chi connectivity index (χ1) is 18.1. The van der Waals surface area contributed by atoms with Crippen LogP contribution in [0.15, 0.2) is 53.5 Å². The SMILES string of the molecule is COc1ccc(-n2c(C3CCCN3)nc3c(-c4ccc(C(F)(F)F)nc4)cc([N+](=O)[O-])cc3c2=O)cc1F. The van der Waals surface area contributed by atoms with Crippen LogP contribution < -0.4 is 15.6 Å². The monoisotopic (exact) mass is 529 g/mol. The zero-order valence-corrected chi connectivity index (χ0v) is 19.8. The van der Waals surface area contributed by atoms with Gasteiger partial charge in [0, 0.05) is 35.5 Å². The van der Waals surface area contributed by atoms with Crippen molar-refractivity contribution in [2.75, 3.05) is 13.7 Å². The minimum atomic E-state index is -4.68. The summed E-state index contributed by atoms with van der Waals surface area (Å²) in [6, 6.07) is 7.58. The zero-order valence-electron chi connectivity index (χ0n) is 19.8. The number of fused-ring (bicyclic) bond motifs is 1. The highest BCUT2D eigenvalue weighted by Gasteiger charge is 2.32. The van der Waals surface area contributed by atoms with Crippen molar-refractivity contribution in [2.24, 2.45) is 0 Å². The minimum Gasteiger partial charge on any atom is -0.494 e. The van der Waals surface area contributed by atoms with Gasteiger partial charge in [0.05, 0.1) is 34.7 Å². The van der Waals surface area contributed by atoms with Gasteiger partial charge in [0.15, 0.2) is 11.6 Å². The van der Waals surface area contributed by atoms with Gasteiger partial charge in [-0.1, -0.05) is 6.07 Å². The van der Waals surface area contributed by atoms with E-state index in [9.17, 15) is 32.5 Å². The number of nitrogens with one attached hydrogen (secondary N) is 1. The number of methoxy groups -OCH3 is 1. The van der Waals surface area contributed by atoms with E-state index in [-0.39, 0.29) is 39.3 Å². The second kappa shape index (κ2) is 9.49. The van der Waals surface area contributed by atoms with Crippen LogP contribution >= 0.6 is 0 Å². The van der Waals surface area contributed by atoms with Crippen molar-refractivity contribution in [1.82, 2.24) is 19.9 Å². The Balaban J connectivity index is 1.82. The van der Waals surface area contributed by atoms with Crippen LogP contribution in [0.5, 0.6) is 5.75 Å². The molecule has 5 rings (SSSR count). The van der Waals surface area contributed by atoms with Gasteiger partial charge in [-0.3, -0.25) is 24.5 Å². The largest absolute Gasteiger partial charge is 0.494 e. The summed E-state index contributed by atoms with van der Waals surface area (Å²) < 4.78 is 59.9. The van der Waals surface area contributed by atoms with Crippen LogP contribution in [-0.4, -0.2) is 33.1 Å². The first-order valence-electron chi connectivity index (χ1n) is 11.4. The number of rotatable bonds is 5. The number of nitrogens with zero attached hydrogens (tertiary/aromatic N) is 4. The topological polar surface area (TPSA) is 112 Å². The van der Waals surface area contributed by atoms with Crippen molar-refractivity contribution >= 4 is 16.6 Å². The third kappa shape index (κ3) is 4.45. The predicted molar refractivity (Wildman–Crippen MR) is 129 cm³/mol. The van der Waals surface area contributed by atoms with E-state index < -0.39 is 39.9 Å². The molecular weight excluding hydrogens is 510 g/mol. The predicted octanol–water partition coefficient (Wildman–Crippen LogP) is 4.95. The second-order valence-corrected chi connectivity index (χ2v) is 8.65. The van der Waals surface area contributed by atoms with Crippen LogP contribution in [0.3, 0.4) is 0 Å². The maximum atomic E-state index is 14.6. The summed E-state index contributed by atoms with van der Waals surface area (Å²) in [5.41, 5.74) is -1.94. The van der Waals surface area contributed by atoms with Gasteiger partial charge < -0.3 is 10.1 Å². The Hall–Kier alpha value is -4.39. The van der Waals surface area contributed by atoms with Gasteiger partial charge in [0.25, 0.3) is 11.2 Å². The highest BCUT2D eigenvalue weighted by atomic mass is 19.4. The number of nitro groups is 1. The molecule has 0 spiro atoms. The van der Waals surface area contributed by atoms with E-state index in [1.54, 1.807) is 0 Å². The Morgan fingerprint density at radius 2 is 1.97 bits per heavy atom. The average Bonchev–Trinajstić information content (AvgIpc) is 3.42. The summed E-state index contributed by atoms with van der Waals surface area (Å²) in [4.78, 5) is 33.0. The van der Waals surface area contributed by atoms with Gasteiger partial charge in [0.2, 0.25) is 0 Å². The molecule has 4 aromatic rings. The fraction of sp³-hybridized carbons (Fsp3) is 0.240. The Kier molecular flexibility index (Phi) is 6.31. The van der Waals surface area contributed by atoms with Crippen molar-refractivity contribution in [3.8, 4) is 22.6 Å². The summed E-state index contributed by atoms with van der Waals surface area (Å²) in [6.07, 6.45) is -2.35. The van der Waals surface area contributed by atoms with Gasteiger partial charge in [-0.15, -0.1) is 0 Å². The average molecular weight is 529 g/mol. The molecule has 1 unspecified atom stereocenters.